The Morgan fingerprint density at radius 1 is 1.21 bits per heavy atom. The number of carbonyl (C=O) groups excluding carboxylic acids is 3. The fraction of sp³-hybridized carbons (Fsp3) is 0.350. The molecular weight excluding hydrogens is 366 g/mol. The average molecular weight is 385 g/mol. The van der Waals surface area contributed by atoms with Crippen molar-refractivity contribution < 1.29 is 34.8 Å². The Morgan fingerprint density at radius 2 is 1.89 bits per heavy atom. The van der Waals surface area contributed by atoms with Crippen molar-refractivity contribution >= 4 is 17.5 Å². The van der Waals surface area contributed by atoms with Crippen molar-refractivity contribution in [2.24, 2.45) is 23.5 Å². The van der Waals surface area contributed by atoms with Gasteiger partial charge in [0.2, 0.25) is 5.78 Å². The molecule has 0 saturated carbocycles. The third-order valence-electron chi connectivity index (χ3n) is 6.28. The molecule has 8 heteroatoms. The SMILES string of the molecule is CC1C(O)=C(C(N)=O)C(=O)C2(O)C(O)=C3C(=O)c4c(O)cccc4CC3CC12. The smallest absolute Gasteiger partial charge is 0.255 e. The van der Waals surface area contributed by atoms with E-state index in [-0.39, 0.29) is 23.3 Å². The second kappa shape index (κ2) is 5.68. The molecule has 8 nitrogen and oxygen atoms in total. The molecule has 4 atom stereocenters. The van der Waals surface area contributed by atoms with Crippen molar-refractivity contribution in [3.05, 3.63) is 52.0 Å². The highest BCUT2D eigenvalue weighted by molar-refractivity contribution is 6.24. The van der Waals surface area contributed by atoms with Crippen LogP contribution in [-0.4, -0.2) is 43.5 Å². The predicted octanol–water partition coefficient (Wildman–Crippen LogP) is 0.826. The molecule has 6 N–H and O–H groups in total. The summed E-state index contributed by atoms with van der Waals surface area (Å²) >= 11 is 0. The number of rotatable bonds is 1. The average Bonchev–Trinajstić information content (AvgIpc) is 2.62. The van der Waals surface area contributed by atoms with Crippen LogP contribution in [0.2, 0.25) is 0 Å². The first-order valence-electron chi connectivity index (χ1n) is 8.89. The minimum absolute atomic E-state index is 0.0205. The second-order valence-electron chi connectivity index (χ2n) is 7.65. The predicted molar refractivity (Wildman–Crippen MR) is 95.4 cm³/mol. The van der Waals surface area contributed by atoms with Crippen molar-refractivity contribution in [3.8, 4) is 5.75 Å². The third kappa shape index (κ3) is 2.06. The monoisotopic (exact) mass is 385 g/mol. The van der Waals surface area contributed by atoms with Gasteiger partial charge < -0.3 is 26.2 Å². The lowest BCUT2D eigenvalue weighted by Crippen LogP contribution is -2.59. The molecule has 0 bridgehead atoms. The van der Waals surface area contributed by atoms with Gasteiger partial charge in [0.05, 0.1) is 5.56 Å². The minimum atomic E-state index is -2.54. The van der Waals surface area contributed by atoms with Crippen LogP contribution in [0.1, 0.15) is 29.3 Å². The zero-order chi connectivity index (χ0) is 20.5. The Labute approximate surface area is 159 Å². The molecule has 4 rings (SSSR count). The maximum absolute atomic E-state index is 13.0. The zero-order valence-corrected chi connectivity index (χ0v) is 15.0. The number of phenols is 1. The summed E-state index contributed by atoms with van der Waals surface area (Å²) in [5, 5.41) is 42.5. The topological polar surface area (TPSA) is 158 Å². The Hall–Kier alpha value is -3.13. The number of carbonyl (C=O) groups is 3. The quantitative estimate of drug-likeness (QED) is 0.448. The summed E-state index contributed by atoms with van der Waals surface area (Å²) in [6.45, 7) is 1.52. The van der Waals surface area contributed by atoms with Crippen LogP contribution in [0.3, 0.4) is 0 Å². The molecule has 146 valence electrons. The number of amides is 1. The number of hydrogen-bond donors (Lipinski definition) is 5. The van der Waals surface area contributed by atoms with E-state index in [1.54, 1.807) is 12.1 Å². The van der Waals surface area contributed by atoms with Crippen LogP contribution >= 0.6 is 0 Å². The molecule has 3 aliphatic rings. The molecule has 3 aliphatic carbocycles. The number of ketones is 2. The second-order valence-corrected chi connectivity index (χ2v) is 7.65. The zero-order valence-electron chi connectivity index (χ0n) is 15.0. The maximum atomic E-state index is 13.0. The first-order valence-corrected chi connectivity index (χ1v) is 8.89. The highest BCUT2D eigenvalue weighted by atomic mass is 16.3. The summed E-state index contributed by atoms with van der Waals surface area (Å²) in [5.41, 5.74) is 2.34. The van der Waals surface area contributed by atoms with Gasteiger partial charge in [-0.3, -0.25) is 14.4 Å². The number of aliphatic hydroxyl groups excluding tert-OH is 2. The molecule has 0 radical (unpaired) electrons. The number of Topliss-reactive ketones (excluding diaryl/α,β-unsaturated/α-hetero) is 2. The van der Waals surface area contributed by atoms with Gasteiger partial charge in [0.15, 0.2) is 11.4 Å². The Balaban J connectivity index is 1.95. The van der Waals surface area contributed by atoms with Gasteiger partial charge in [0, 0.05) is 17.4 Å². The van der Waals surface area contributed by atoms with Gasteiger partial charge in [0.25, 0.3) is 5.91 Å². The molecule has 0 saturated heterocycles. The summed E-state index contributed by atoms with van der Waals surface area (Å²) in [6, 6.07) is 4.64. The fourth-order valence-electron chi connectivity index (χ4n) is 4.87. The molecule has 1 amide bonds. The number of phenolic OH excluding ortho intramolecular Hbond substituents is 1. The van der Waals surface area contributed by atoms with Crippen LogP contribution in [0.4, 0.5) is 0 Å². The fourth-order valence-corrected chi connectivity index (χ4v) is 4.87. The Morgan fingerprint density at radius 3 is 2.54 bits per heavy atom. The molecule has 4 unspecified atom stereocenters. The van der Waals surface area contributed by atoms with Crippen molar-refractivity contribution in [2.45, 2.75) is 25.4 Å². The van der Waals surface area contributed by atoms with Gasteiger partial charge in [-0.1, -0.05) is 19.1 Å². The first-order chi connectivity index (χ1) is 13.1. The lowest BCUT2D eigenvalue weighted by atomic mass is 9.57. The molecule has 0 aliphatic heterocycles. The van der Waals surface area contributed by atoms with Crippen LogP contribution in [0, 0.1) is 17.8 Å². The molecule has 1 aromatic rings. The van der Waals surface area contributed by atoms with E-state index in [9.17, 15) is 34.8 Å². The third-order valence-corrected chi connectivity index (χ3v) is 6.28. The van der Waals surface area contributed by atoms with Crippen LogP contribution in [0.25, 0.3) is 0 Å². The molecular formula is C20H19NO7. The van der Waals surface area contributed by atoms with E-state index >= 15 is 0 Å². The molecule has 0 aromatic heterocycles. The highest BCUT2D eigenvalue weighted by Gasteiger charge is 2.61. The maximum Gasteiger partial charge on any atom is 0.255 e. The summed E-state index contributed by atoms with van der Waals surface area (Å²) in [5.74, 6) is -7.02. The van der Waals surface area contributed by atoms with Gasteiger partial charge in [0.1, 0.15) is 22.8 Å². The van der Waals surface area contributed by atoms with E-state index in [4.69, 9.17) is 5.73 Å². The summed E-state index contributed by atoms with van der Waals surface area (Å²) < 4.78 is 0. The van der Waals surface area contributed by atoms with Gasteiger partial charge in [-0.25, -0.2) is 0 Å². The lowest BCUT2D eigenvalue weighted by Gasteiger charge is -2.48. The number of fused-ring (bicyclic) bond motifs is 3. The Kier molecular flexibility index (Phi) is 3.70. The summed E-state index contributed by atoms with van der Waals surface area (Å²) in [4.78, 5) is 37.5. The van der Waals surface area contributed by atoms with Gasteiger partial charge in [-0.15, -0.1) is 0 Å². The number of aliphatic hydroxyl groups is 3. The van der Waals surface area contributed by atoms with Crippen LogP contribution < -0.4 is 5.73 Å². The van der Waals surface area contributed by atoms with E-state index in [1.165, 1.54) is 13.0 Å². The van der Waals surface area contributed by atoms with Crippen molar-refractivity contribution in [1.82, 2.24) is 0 Å². The Bertz CT molecular complexity index is 1020. The first kappa shape index (κ1) is 18.2. The summed E-state index contributed by atoms with van der Waals surface area (Å²) in [6.07, 6.45) is 0.440. The molecule has 1 aromatic carbocycles. The summed E-state index contributed by atoms with van der Waals surface area (Å²) in [7, 11) is 0. The number of benzene rings is 1. The normalized spacial score (nSPS) is 32.0. The highest BCUT2D eigenvalue weighted by Crippen LogP contribution is 2.52. The van der Waals surface area contributed by atoms with E-state index in [2.05, 4.69) is 0 Å². The van der Waals surface area contributed by atoms with E-state index < -0.39 is 57.9 Å². The molecule has 0 heterocycles. The number of aromatic hydroxyl groups is 1. The van der Waals surface area contributed by atoms with Crippen molar-refractivity contribution in [1.29, 1.82) is 0 Å². The van der Waals surface area contributed by atoms with Crippen LogP contribution in [0.15, 0.2) is 40.9 Å². The minimum Gasteiger partial charge on any atom is -0.511 e. The lowest BCUT2D eigenvalue weighted by molar-refractivity contribution is -0.147. The van der Waals surface area contributed by atoms with Crippen molar-refractivity contribution in [3.63, 3.8) is 0 Å². The van der Waals surface area contributed by atoms with Gasteiger partial charge >= 0.3 is 0 Å². The van der Waals surface area contributed by atoms with E-state index in [1.807, 2.05) is 0 Å². The molecule has 0 fully saturated rings. The largest absolute Gasteiger partial charge is 0.511 e. The van der Waals surface area contributed by atoms with E-state index in [0.29, 0.717) is 12.0 Å². The standard InChI is InChI=1S/C20H19NO7/c1-7-10-6-9-5-8-3-2-4-11(22)12(8)16(24)13(9)17(25)20(10,28)18(26)14(15(7)23)19(21)27/h2-4,7,9-10,22-23,25,28H,5-6H2,1H3,(H2,21,27). The van der Waals surface area contributed by atoms with E-state index in [0.717, 1.165) is 0 Å². The number of allylic oxidation sites excluding steroid dienone is 2. The van der Waals surface area contributed by atoms with Crippen LogP contribution in [0.5, 0.6) is 5.75 Å². The number of primary amides is 1. The van der Waals surface area contributed by atoms with Gasteiger partial charge in [-0.2, -0.15) is 0 Å². The number of hydrogen-bond acceptors (Lipinski definition) is 7. The number of nitrogens with two attached hydrogens (primary N) is 1. The molecule has 28 heavy (non-hydrogen) atoms. The molecule has 0 spiro atoms. The van der Waals surface area contributed by atoms with Crippen molar-refractivity contribution in [2.75, 3.05) is 0 Å². The van der Waals surface area contributed by atoms with Crippen LogP contribution in [-0.2, 0) is 16.0 Å². The van der Waals surface area contributed by atoms with Gasteiger partial charge in [-0.05, 0) is 30.4 Å².